The monoisotopic (exact) mass is 630 g/mol. The zero-order valence-electron chi connectivity index (χ0n) is 25.4. The van der Waals surface area contributed by atoms with Gasteiger partial charge in [0, 0.05) is 6.42 Å². The molecule has 0 aromatic heterocycles. The molecule has 0 saturated carbocycles. The Morgan fingerprint density at radius 1 is 0.659 bits per heavy atom. The minimum atomic E-state index is -1.45. The lowest BCUT2D eigenvalue weighted by Gasteiger charge is -2.27. The Morgan fingerprint density at radius 2 is 1.20 bits per heavy atom. The molecule has 0 saturated heterocycles. The van der Waals surface area contributed by atoms with Gasteiger partial charge in [0.15, 0.2) is 0 Å². The molecule has 0 aromatic carbocycles. The number of carboxylic acids is 2. The lowest BCUT2D eigenvalue weighted by molar-refractivity contribution is -0.143. The van der Waals surface area contributed by atoms with Gasteiger partial charge in [0.25, 0.3) is 0 Å². The number of aliphatic carboxylic acids is 2. The zero-order valence-corrected chi connectivity index (χ0v) is 25.4. The van der Waals surface area contributed by atoms with Crippen LogP contribution < -0.4 is 43.8 Å². The van der Waals surface area contributed by atoms with Crippen LogP contribution in [-0.4, -0.2) is 100 Å². The third kappa shape index (κ3) is 15.2. The molecule has 18 heteroatoms. The molecule has 6 unspecified atom stereocenters. The fraction of sp³-hybridized carbons (Fsp3) is 0.692. The van der Waals surface area contributed by atoms with Gasteiger partial charge in [0.2, 0.25) is 35.4 Å². The maximum atomic E-state index is 13.1. The zero-order chi connectivity index (χ0) is 34.1. The van der Waals surface area contributed by atoms with Crippen LogP contribution in [-0.2, 0) is 38.4 Å². The van der Waals surface area contributed by atoms with Crippen molar-refractivity contribution in [3.05, 3.63) is 0 Å². The molecular formula is C26H46N8O10. The van der Waals surface area contributed by atoms with Crippen LogP contribution in [0.1, 0.15) is 66.2 Å². The highest BCUT2D eigenvalue weighted by molar-refractivity contribution is 5.97. The summed E-state index contributed by atoms with van der Waals surface area (Å²) in [6.45, 7) is 6.11. The summed E-state index contributed by atoms with van der Waals surface area (Å²) in [6, 6.07) is -7.75. The van der Waals surface area contributed by atoms with Crippen LogP contribution in [0.2, 0.25) is 0 Å². The van der Waals surface area contributed by atoms with Gasteiger partial charge in [-0.05, 0) is 52.0 Å². The van der Waals surface area contributed by atoms with Gasteiger partial charge in [-0.3, -0.25) is 33.6 Å². The molecule has 0 spiro atoms. The Balaban J connectivity index is 5.63. The van der Waals surface area contributed by atoms with Gasteiger partial charge in [-0.15, -0.1) is 0 Å². The van der Waals surface area contributed by atoms with Gasteiger partial charge in [0.05, 0.1) is 12.5 Å². The molecule has 0 aromatic rings. The second-order valence-electron chi connectivity index (χ2n) is 10.7. The van der Waals surface area contributed by atoms with E-state index in [1.165, 1.54) is 13.8 Å². The maximum absolute atomic E-state index is 13.1. The summed E-state index contributed by atoms with van der Waals surface area (Å²) in [6.07, 6.45) is -0.508. The SMILES string of the molecule is CC(N)C(=O)NC(CC(N)=O)C(=O)NC(C(=O)NC(C)C(=O)NC(CCC(=O)O)C(=O)NC(CCCCN)C(=O)O)C(C)C. The number of carboxylic acid groups (broad SMARTS) is 2. The lowest BCUT2D eigenvalue weighted by atomic mass is 10.0. The number of primary amides is 1. The van der Waals surface area contributed by atoms with Crippen molar-refractivity contribution in [1.29, 1.82) is 0 Å². The molecular weight excluding hydrogens is 584 g/mol. The fourth-order valence-corrected chi connectivity index (χ4v) is 3.73. The molecule has 0 aliphatic carbocycles. The molecule has 0 radical (unpaired) electrons. The first-order valence-corrected chi connectivity index (χ1v) is 14.1. The standard InChI is InChI=1S/C26H46N8O10/c1-12(2)20(34-24(41)17(11-18(29)35)33-21(38)13(3)28)25(42)30-14(4)22(39)31-15(8-9-19(36)37)23(40)32-16(26(43)44)7-5-6-10-27/h12-17,20H,5-11,27-28H2,1-4H3,(H2,29,35)(H,30,42)(H,31,39)(H,32,40)(H,33,38)(H,34,41)(H,36,37)(H,43,44). The minimum Gasteiger partial charge on any atom is -0.481 e. The van der Waals surface area contributed by atoms with Crippen LogP contribution >= 0.6 is 0 Å². The molecule has 0 aliphatic heterocycles. The number of rotatable bonds is 21. The van der Waals surface area contributed by atoms with Crippen molar-refractivity contribution in [2.24, 2.45) is 23.1 Å². The van der Waals surface area contributed by atoms with Crippen molar-refractivity contribution < 1.29 is 48.6 Å². The van der Waals surface area contributed by atoms with E-state index in [1.54, 1.807) is 13.8 Å². The van der Waals surface area contributed by atoms with Crippen LogP contribution in [0.5, 0.6) is 0 Å². The van der Waals surface area contributed by atoms with Gasteiger partial charge >= 0.3 is 11.9 Å². The van der Waals surface area contributed by atoms with E-state index in [2.05, 4.69) is 26.6 Å². The maximum Gasteiger partial charge on any atom is 0.326 e. The molecule has 13 N–H and O–H groups in total. The largest absolute Gasteiger partial charge is 0.481 e. The third-order valence-electron chi connectivity index (χ3n) is 6.29. The van der Waals surface area contributed by atoms with Gasteiger partial charge in [-0.1, -0.05) is 13.8 Å². The van der Waals surface area contributed by atoms with E-state index < -0.39 is 102 Å². The van der Waals surface area contributed by atoms with E-state index in [1.807, 2.05) is 0 Å². The summed E-state index contributed by atoms with van der Waals surface area (Å²) in [5, 5.41) is 30.2. The highest BCUT2D eigenvalue weighted by Gasteiger charge is 2.33. The number of nitrogens with two attached hydrogens (primary N) is 3. The van der Waals surface area contributed by atoms with E-state index >= 15 is 0 Å². The summed E-state index contributed by atoms with van der Waals surface area (Å²) >= 11 is 0. The quantitative estimate of drug-likeness (QED) is 0.0550. The van der Waals surface area contributed by atoms with E-state index in [-0.39, 0.29) is 12.8 Å². The van der Waals surface area contributed by atoms with Gasteiger partial charge in [0.1, 0.15) is 30.2 Å². The third-order valence-corrected chi connectivity index (χ3v) is 6.29. The van der Waals surface area contributed by atoms with Crippen LogP contribution in [0.4, 0.5) is 0 Å². The first kappa shape index (κ1) is 39.7. The predicted molar refractivity (Wildman–Crippen MR) is 155 cm³/mol. The molecule has 18 nitrogen and oxygen atoms in total. The average molecular weight is 631 g/mol. The number of carbonyl (C=O) groups is 8. The molecule has 6 atom stereocenters. The van der Waals surface area contributed by atoms with Gasteiger partial charge in [-0.25, -0.2) is 4.79 Å². The number of carbonyl (C=O) groups excluding carboxylic acids is 6. The number of unbranched alkanes of at least 4 members (excludes halogenated alkanes) is 1. The Bertz CT molecular complexity index is 1050. The van der Waals surface area contributed by atoms with Crippen molar-refractivity contribution in [2.75, 3.05) is 6.54 Å². The van der Waals surface area contributed by atoms with Crippen LogP contribution in [0, 0.1) is 5.92 Å². The Morgan fingerprint density at radius 3 is 1.68 bits per heavy atom. The van der Waals surface area contributed by atoms with Crippen LogP contribution in [0.25, 0.3) is 0 Å². The first-order chi connectivity index (χ1) is 20.4. The van der Waals surface area contributed by atoms with E-state index in [0.29, 0.717) is 19.4 Å². The van der Waals surface area contributed by atoms with Crippen LogP contribution in [0.15, 0.2) is 0 Å². The smallest absolute Gasteiger partial charge is 0.326 e. The summed E-state index contributed by atoms with van der Waals surface area (Å²) in [5.41, 5.74) is 16.1. The normalized spacial score (nSPS) is 15.0. The molecule has 0 rings (SSSR count). The van der Waals surface area contributed by atoms with Crippen molar-refractivity contribution in [3.63, 3.8) is 0 Å². The molecule has 0 fully saturated rings. The van der Waals surface area contributed by atoms with Crippen molar-refractivity contribution in [2.45, 2.75) is 102 Å². The minimum absolute atomic E-state index is 0.0574. The summed E-state index contributed by atoms with van der Waals surface area (Å²) < 4.78 is 0. The number of nitrogens with one attached hydrogen (secondary N) is 5. The fourth-order valence-electron chi connectivity index (χ4n) is 3.73. The van der Waals surface area contributed by atoms with Gasteiger partial charge in [-0.2, -0.15) is 0 Å². The molecule has 0 aliphatic rings. The molecule has 0 bridgehead atoms. The number of hydrogen-bond acceptors (Lipinski definition) is 10. The molecule has 250 valence electrons. The van der Waals surface area contributed by atoms with E-state index in [9.17, 15) is 43.5 Å². The predicted octanol–water partition coefficient (Wildman–Crippen LogP) is -3.61. The highest BCUT2D eigenvalue weighted by Crippen LogP contribution is 2.07. The Hall–Kier alpha value is -4.32. The first-order valence-electron chi connectivity index (χ1n) is 14.1. The van der Waals surface area contributed by atoms with E-state index in [0.717, 1.165) is 0 Å². The van der Waals surface area contributed by atoms with Crippen molar-refractivity contribution in [1.82, 2.24) is 26.6 Å². The molecule has 44 heavy (non-hydrogen) atoms. The molecule has 0 heterocycles. The summed E-state index contributed by atoms with van der Waals surface area (Å²) in [4.78, 5) is 97.9. The van der Waals surface area contributed by atoms with Crippen molar-refractivity contribution >= 4 is 47.4 Å². The van der Waals surface area contributed by atoms with Gasteiger partial charge < -0.3 is 54.0 Å². The Labute approximate surface area is 255 Å². The topological polar surface area (TPSA) is 315 Å². The number of hydrogen-bond donors (Lipinski definition) is 10. The number of amides is 6. The average Bonchev–Trinajstić information content (AvgIpc) is 2.91. The Kier molecular flexibility index (Phi) is 17.8. The van der Waals surface area contributed by atoms with Crippen LogP contribution in [0.3, 0.4) is 0 Å². The summed E-state index contributed by atoms with van der Waals surface area (Å²) in [5.74, 6) is -8.35. The summed E-state index contributed by atoms with van der Waals surface area (Å²) in [7, 11) is 0. The van der Waals surface area contributed by atoms with Crippen molar-refractivity contribution in [3.8, 4) is 0 Å². The highest BCUT2D eigenvalue weighted by atomic mass is 16.4. The lowest BCUT2D eigenvalue weighted by Crippen LogP contribution is -2.60. The molecule has 6 amide bonds. The second-order valence-corrected chi connectivity index (χ2v) is 10.7. The second kappa shape index (κ2) is 19.8. The van der Waals surface area contributed by atoms with E-state index in [4.69, 9.17) is 22.3 Å².